The number of halogens is 1. The van der Waals surface area contributed by atoms with Crippen LogP contribution in [0.2, 0.25) is 5.02 Å². The maximum absolute atomic E-state index is 13.0. The molecule has 5 rings (SSSR count). The molecule has 0 aliphatic carbocycles. The largest absolute Gasteiger partial charge is 0.508 e. The van der Waals surface area contributed by atoms with Gasteiger partial charge in [-0.1, -0.05) is 66.2 Å². The third-order valence-electron chi connectivity index (χ3n) is 6.82. The van der Waals surface area contributed by atoms with Gasteiger partial charge in [-0.3, -0.25) is 14.6 Å². The summed E-state index contributed by atoms with van der Waals surface area (Å²) in [6.07, 6.45) is 2.57. The number of pyridine rings is 1. The van der Waals surface area contributed by atoms with Gasteiger partial charge in [-0.25, -0.2) is 9.48 Å². The first-order chi connectivity index (χ1) is 21.7. The summed E-state index contributed by atoms with van der Waals surface area (Å²) in [6, 6.07) is 22.6. The number of aromatic hydroxyl groups is 2. The van der Waals surface area contributed by atoms with Crippen LogP contribution in [0.1, 0.15) is 18.1 Å². The molecule has 0 unspecified atom stereocenters. The summed E-state index contributed by atoms with van der Waals surface area (Å²) in [7, 11) is 0. The Morgan fingerprint density at radius 2 is 1.58 bits per heavy atom. The van der Waals surface area contributed by atoms with Crippen LogP contribution in [0.25, 0.3) is 22.4 Å². The second kappa shape index (κ2) is 13.7. The third-order valence-corrected chi connectivity index (χ3v) is 7.11. The van der Waals surface area contributed by atoms with E-state index in [1.165, 1.54) is 16.9 Å². The van der Waals surface area contributed by atoms with Gasteiger partial charge in [0.25, 0.3) is 5.56 Å². The van der Waals surface area contributed by atoms with Crippen molar-refractivity contribution in [2.75, 3.05) is 10.6 Å². The van der Waals surface area contributed by atoms with Crippen LogP contribution in [0.4, 0.5) is 16.2 Å². The molecule has 0 spiro atoms. The van der Waals surface area contributed by atoms with Crippen molar-refractivity contribution >= 4 is 34.9 Å². The van der Waals surface area contributed by atoms with Crippen LogP contribution in [0, 0.1) is 0 Å². The van der Waals surface area contributed by atoms with E-state index in [0.29, 0.717) is 17.8 Å². The van der Waals surface area contributed by atoms with Gasteiger partial charge >= 0.3 is 6.03 Å². The topological polar surface area (TPSA) is 158 Å². The number of phenols is 1. The standard InChI is InChI=1S/C33H29ClN6O5/c1-2-40-32(44)28(37-33(45)38-31-26(34)18-35-19-29(31)42)16-27(39-40)24-10-5-9-23(15-24)22-8-3-6-20(12-22)14-30(43)36-17-21-7-4-11-25(41)13-21/h3-13,15-16,18-19,41-42H,2,14,17H2,1H3,(H,36,43)(H2,35,37,38,45). The molecular formula is C33H29ClN6O5. The monoisotopic (exact) mass is 624 g/mol. The smallest absolute Gasteiger partial charge is 0.323 e. The van der Waals surface area contributed by atoms with E-state index in [1.807, 2.05) is 54.6 Å². The van der Waals surface area contributed by atoms with Crippen molar-refractivity contribution in [2.24, 2.45) is 0 Å². The second-order valence-electron chi connectivity index (χ2n) is 10.1. The van der Waals surface area contributed by atoms with Gasteiger partial charge in [0.05, 0.1) is 23.3 Å². The van der Waals surface area contributed by atoms with Gasteiger partial charge in [0.15, 0.2) is 5.75 Å². The van der Waals surface area contributed by atoms with Crippen LogP contribution >= 0.6 is 11.6 Å². The molecule has 0 saturated carbocycles. The van der Waals surface area contributed by atoms with Crippen LogP contribution in [-0.2, 0) is 24.3 Å². The molecule has 2 heterocycles. The Morgan fingerprint density at radius 1 is 0.867 bits per heavy atom. The number of benzene rings is 3. The summed E-state index contributed by atoms with van der Waals surface area (Å²) in [6.45, 7) is 2.33. The molecule has 12 heteroatoms. The van der Waals surface area contributed by atoms with Gasteiger partial charge < -0.3 is 26.2 Å². The zero-order chi connectivity index (χ0) is 31.9. The van der Waals surface area contributed by atoms with E-state index in [0.717, 1.165) is 28.5 Å². The van der Waals surface area contributed by atoms with Crippen molar-refractivity contribution in [3.63, 3.8) is 0 Å². The lowest BCUT2D eigenvalue weighted by atomic mass is 9.99. The highest BCUT2D eigenvalue weighted by atomic mass is 35.5. The molecule has 5 N–H and O–H groups in total. The van der Waals surface area contributed by atoms with E-state index >= 15 is 0 Å². The number of anilines is 2. The number of phenolic OH excluding ortho intramolecular Hbond substituents is 1. The Labute approximate surface area is 263 Å². The van der Waals surface area contributed by atoms with Crippen molar-refractivity contribution < 1.29 is 19.8 Å². The lowest BCUT2D eigenvalue weighted by molar-refractivity contribution is -0.120. The number of nitrogens with zero attached hydrogens (tertiary/aromatic N) is 3. The number of aromatic nitrogens is 3. The molecule has 0 atom stereocenters. The molecule has 11 nitrogen and oxygen atoms in total. The molecule has 45 heavy (non-hydrogen) atoms. The van der Waals surface area contributed by atoms with Crippen LogP contribution in [0.15, 0.2) is 96.1 Å². The Morgan fingerprint density at radius 3 is 2.33 bits per heavy atom. The molecule has 5 aromatic rings. The van der Waals surface area contributed by atoms with Gasteiger partial charge in [-0.15, -0.1) is 0 Å². The number of hydrogen-bond donors (Lipinski definition) is 5. The first-order valence-corrected chi connectivity index (χ1v) is 14.3. The molecule has 228 valence electrons. The summed E-state index contributed by atoms with van der Waals surface area (Å²) >= 11 is 6.03. The number of carbonyl (C=O) groups is 2. The van der Waals surface area contributed by atoms with E-state index in [-0.39, 0.29) is 46.8 Å². The number of rotatable bonds is 9. The number of carbonyl (C=O) groups excluding carboxylic acids is 2. The number of nitrogens with one attached hydrogen (secondary N) is 3. The molecule has 3 amide bonds. The predicted molar refractivity (Wildman–Crippen MR) is 172 cm³/mol. The van der Waals surface area contributed by atoms with Gasteiger partial charge in [-0.05, 0) is 53.4 Å². The molecule has 3 aromatic carbocycles. The Balaban J connectivity index is 1.34. The number of hydrogen-bond acceptors (Lipinski definition) is 7. The fourth-order valence-electron chi connectivity index (χ4n) is 4.64. The van der Waals surface area contributed by atoms with Crippen molar-refractivity contribution in [1.29, 1.82) is 0 Å². The van der Waals surface area contributed by atoms with E-state index in [2.05, 4.69) is 26.0 Å². The summed E-state index contributed by atoms with van der Waals surface area (Å²) in [4.78, 5) is 42.1. The fourth-order valence-corrected chi connectivity index (χ4v) is 4.84. The van der Waals surface area contributed by atoms with Crippen LogP contribution in [0.3, 0.4) is 0 Å². The van der Waals surface area contributed by atoms with Gasteiger partial charge in [-0.2, -0.15) is 5.10 Å². The zero-order valence-electron chi connectivity index (χ0n) is 24.1. The Hall–Kier alpha value is -5.68. The van der Waals surface area contributed by atoms with Gasteiger partial charge in [0, 0.05) is 24.8 Å². The maximum atomic E-state index is 13.0. The normalized spacial score (nSPS) is 10.7. The molecule has 0 aliphatic rings. The molecule has 0 bridgehead atoms. The van der Waals surface area contributed by atoms with E-state index in [1.54, 1.807) is 25.1 Å². The lowest BCUT2D eigenvalue weighted by Gasteiger charge is -2.13. The number of urea groups is 1. The highest BCUT2D eigenvalue weighted by Crippen LogP contribution is 2.30. The minimum absolute atomic E-state index is 0.0202. The summed E-state index contributed by atoms with van der Waals surface area (Å²) in [5.74, 6) is -0.333. The second-order valence-corrected chi connectivity index (χ2v) is 10.5. The molecule has 0 radical (unpaired) electrons. The molecule has 0 saturated heterocycles. The average molecular weight is 625 g/mol. The van der Waals surface area contributed by atoms with Gasteiger partial charge in [0.2, 0.25) is 5.91 Å². The molecule has 0 aliphatic heterocycles. The van der Waals surface area contributed by atoms with Gasteiger partial charge in [0.1, 0.15) is 17.1 Å². The van der Waals surface area contributed by atoms with E-state index in [9.17, 15) is 24.6 Å². The SMILES string of the molecule is CCn1nc(-c2cccc(-c3cccc(CC(=O)NCc4cccc(O)c4)c3)c2)cc(NC(=O)Nc2c(O)cncc2Cl)c1=O. The van der Waals surface area contributed by atoms with Crippen LogP contribution in [0.5, 0.6) is 11.5 Å². The number of amides is 3. The summed E-state index contributed by atoms with van der Waals surface area (Å²) in [5.41, 5.74) is 3.93. The predicted octanol–water partition coefficient (Wildman–Crippen LogP) is 5.56. The maximum Gasteiger partial charge on any atom is 0.323 e. The highest BCUT2D eigenvalue weighted by molar-refractivity contribution is 6.34. The minimum atomic E-state index is -0.785. The molecule has 0 fully saturated rings. The minimum Gasteiger partial charge on any atom is -0.508 e. The lowest BCUT2D eigenvalue weighted by Crippen LogP contribution is -2.29. The Bertz CT molecular complexity index is 1920. The first kappa shape index (κ1) is 30.8. The zero-order valence-corrected chi connectivity index (χ0v) is 24.9. The van der Waals surface area contributed by atoms with E-state index in [4.69, 9.17) is 11.6 Å². The van der Waals surface area contributed by atoms with E-state index < -0.39 is 11.6 Å². The summed E-state index contributed by atoms with van der Waals surface area (Å²) < 4.78 is 1.24. The fraction of sp³-hybridized carbons (Fsp3) is 0.121. The van der Waals surface area contributed by atoms with Crippen LogP contribution in [-0.4, -0.2) is 36.9 Å². The Kier molecular flexibility index (Phi) is 9.40. The third kappa shape index (κ3) is 7.64. The first-order valence-electron chi connectivity index (χ1n) is 14.0. The van der Waals surface area contributed by atoms with Crippen molar-refractivity contribution in [2.45, 2.75) is 26.4 Å². The molecular weight excluding hydrogens is 596 g/mol. The summed E-state index contributed by atoms with van der Waals surface area (Å²) in [5, 5.41) is 32.0. The van der Waals surface area contributed by atoms with Crippen molar-refractivity contribution in [3.8, 4) is 33.9 Å². The van der Waals surface area contributed by atoms with Crippen molar-refractivity contribution in [1.82, 2.24) is 20.1 Å². The average Bonchev–Trinajstić information content (AvgIpc) is 3.03. The number of aryl methyl sites for hydroxylation is 1. The highest BCUT2D eigenvalue weighted by Gasteiger charge is 2.16. The van der Waals surface area contributed by atoms with Crippen molar-refractivity contribution in [3.05, 3.63) is 118 Å². The quantitative estimate of drug-likeness (QED) is 0.144. The van der Waals surface area contributed by atoms with Crippen LogP contribution < -0.4 is 21.5 Å². The molecule has 2 aromatic heterocycles.